The zero-order valence-electron chi connectivity index (χ0n) is 20.4. The third-order valence-electron chi connectivity index (χ3n) is 6.01. The van der Waals surface area contributed by atoms with Gasteiger partial charge in [0.2, 0.25) is 0 Å². The van der Waals surface area contributed by atoms with Crippen LogP contribution in [0.5, 0.6) is 11.5 Å². The Kier molecular flexibility index (Phi) is 8.39. The molecule has 0 aromatic heterocycles. The average Bonchev–Trinajstić information content (AvgIpc) is 2.87. The van der Waals surface area contributed by atoms with Crippen molar-refractivity contribution >= 4 is 31.4 Å². The summed E-state index contributed by atoms with van der Waals surface area (Å²) in [6, 6.07) is 17.7. The topological polar surface area (TPSA) is 74.6 Å². The van der Waals surface area contributed by atoms with Gasteiger partial charge in [0.15, 0.2) is 0 Å². The first-order valence-corrected chi connectivity index (χ1v) is 14.2. The van der Waals surface area contributed by atoms with E-state index in [9.17, 15) is 18.6 Å². The van der Waals surface area contributed by atoms with Gasteiger partial charge in [0, 0.05) is 20.9 Å². The van der Waals surface area contributed by atoms with E-state index in [0.717, 1.165) is 24.0 Å². The van der Waals surface area contributed by atoms with Crippen molar-refractivity contribution in [2.45, 2.75) is 49.3 Å². The molecule has 3 aromatic rings. The van der Waals surface area contributed by atoms with Gasteiger partial charge in [0.1, 0.15) is 11.5 Å². The molecule has 2 atom stereocenters. The normalized spacial score (nSPS) is 19.8. The lowest BCUT2D eigenvalue weighted by molar-refractivity contribution is 0.458. The number of fused-ring (bicyclic) bond motifs is 8. The Hall–Kier alpha value is -3.22. The predicted octanol–water partition coefficient (Wildman–Crippen LogP) is 7.14. The van der Waals surface area contributed by atoms with Crippen LogP contribution in [0.3, 0.4) is 0 Å². The Morgan fingerprint density at radius 3 is 1.31 bits per heavy atom. The monoisotopic (exact) mass is 518 g/mol. The fourth-order valence-electron chi connectivity index (χ4n) is 3.98. The predicted molar refractivity (Wildman–Crippen MR) is 149 cm³/mol. The van der Waals surface area contributed by atoms with Crippen molar-refractivity contribution in [2.75, 3.05) is 0 Å². The van der Waals surface area contributed by atoms with E-state index < -0.39 is 21.6 Å². The van der Waals surface area contributed by atoms with Gasteiger partial charge in [0.25, 0.3) is 0 Å². The minimum Gasteiger partial charge on any atom is -0.507 e. The number of benzene rings is 3. The first-order valence-electron chi connectivity index (χ1n) is 11.9. The number of hydrogen-bond donors (Lipinski definition) is 2. The molecule has 2 bridgehead atoms. The molecule has 2 N–H and O–H groups in total. The number of phenolic OH excluding ortho intramolecular Hbond substituents is 2. The van der Waals surface area contributed by atoms with E-state index in [1.165, 1.54) is 12.1 Å². The highest BCUT2D eigenvalue weighted by Crippen LogP contribution is 2.40. The molecule has 2 aliphatic rings. The summed E-state index contributed by atoms with van der Waals surface area (Å²) in [5.41, 5.74) is 2.73. The van der Waals surface area contributed by atoms with Crippen LogP contribution >= 0.6 is 0 Å². The maximum Gasteiger partial charge on any atom is 0.124 e. The van der Waals surface area contributed by atoms with Crippen LogP contribution in [0.15, 0.2) is 94.8 Å². The maximum atomic E-state index is 13.6. The van der Waals surface area contributed by atoms with Crippen LogP contribution in [0.1, 0.15) is 47.9 Å². The van der Waals surface area contributed by atoms with Crippen LogP contribution in [0.4, 0.5) is 0 Å². The second-order valence-corrected chi connectivity index (χ2v) is 11.7. The molecule has 3 aromatic carbocycles. The SMILES string of the molecule is Cc1ccc(S(=O)/C2=C/CC/C=C\CC/C=C(/S(=O)c3ccc(C)cc3)c3cc(O)c2cc3O)cc1. The van der Waals surface area contributed by atoms with Crippen molar-refractivity contribution in [1.29, 1.82) is 0 Å². The van der Waals surface area contributed by atoms with Gasteiger partial charge in [0.05, 0.1) is 31.4 Å². The summed E-state index contributed by atoms with van der Waals surface area (Å²) in [6.45, 7) is 3.93. The summed E-state index contributed by atoms with van der Waals surface area (Å²) < 4.78 is 27.1. The van der Waals surface area contributed by atoms with Gasteiger partial charge in [-0.15, -0.1) is 0 Å². The standard InChI is InChI=1S/C30H30O4S2/c1-21-11-15-23(16-12-21)35(33)29-9-7-5-3-4-6-8-10-30(26-20-27(31)25(29)19-28(26)32)36(34)24-17-13-22(2)14-18-24/h3-4,9-20,31-32H,5-8H2,1-2H3/b4-3-,29-9+,30-10+. The van der Waals surface area contributed by atoms with E-state index in [1.54, 1.807) is 0 Å². The van der Waals surface area contributed by atoms with E-state index in [2.05, 4.69) is 12.2 Å². The molecule has 0 spiro atoms. The van der Waals surface area contributed by atoms with E-state index in [0.29, 0.717) is 43.6 Å². The van der Waals surface area contributed by atoms with Gasteiger partial charge in [-0.1, -0.05) is 59.7 Å². The number of allylic oxidation sites excluding steroid dienone is 4. The molecule has 36 heavy (non-hydrogen) atoms. The lowest BCUT2D eigenvalue weighted by atomic mass is 10.1. The van der Waals surface area contributed by atoms with Crippen molar-refractivity contribution in [2.24, 2.45) is 0 Å². The maximum absolute atomic E-state index is 13.6. The summed E-state index contributed by atoms with van der Waals surface area (Å²) in [7, 11) is -3.12. The highest BCUT2D eigenvalue weighted by atomic mass is 32.2. The summed E-state index contributed by atoms with van der Waals surface area (Å²) in [4.78, 5) is 2.11. The molecule has 0 heterocycles. The highest BCUT2D eigenvalue weighted by molar-refractivity contribution is 7.95. The van der Waals surface area contributed by atoms with E-state index in [4.69, 9.17) is 0 Å². The quantitative estimate of drug-likeness (QED) is 0.284. The minimum atomic E-state index is -1.56. The van der Waals surface area contributed by atoms with E-state index in [-0.39, 0.29) is 11.5 Å². The molecule has 0 aliphatic heterocycles. The van der Waals surface area contributed by atoms with Crippen LogP contribution < -0.4 is 0 Å². The Morgan fingerprint density at radius 2 is 0.944 bits per heavy atom. The molecular weight excluding hydrogens is 488 g/mol. The van der Waals surface area contributed by atoms with Gasteiger partial charge in [-0.05, 0) is 75.9 Å². The van der Waals surface area contributed by atoms with E-state index in [1.807, 2.05) is 74.5 Å². The van der Waals surface area contributed by atoms with Crippen molar-refractivity contribution in [3.8, 4) is 11.5 Å². The fourth-order valence-corrected chi connectivity index (χ4v) is 6.52. The second-order valence-electron chi connectivity index (χ2n) is 8.81. The van der Waals surface area contributed by atoms with Gasteiger partial charge in [-0.2, -0.15) is 0 Å². The second kappa shape index (κ2) is 11.7. The summed E-state index contributed by atoms with van der Waals surface area (Å²) in [5.74, 6) is -0.233. The zero-order chi connectivity index (χ0) is 25.7. The molecule has 2 unspecified atom stereocenters. The average molecular weight is 519 g/mol. The Bertz CT molecular complexity index is 1270. The number of rotatable bonds is 4. The largest absolute Gasteiger partial charge is 0.507 e. The first-order chi connectivity index (χ1) is 17.3. The molecule has 2 aliphatic carbocycles. The lowest BCUT2D eigenvalue weighted by Gasteiger charge is -2.16. The number of aromatic hydroxyl groups is 2. The third-order valence-corrected chi connectivity index (χ3v) is 8.98. The smallest absolute Gasteiger partial charge is 0.124 e. The van der Waals surface area contributed by atoms with E-state index >= 15 is 0 Å². The molecule has 0 fully saturated rings. The summed E-state index contributed by atoms with van der Waals surface area (Å²) in [6.07, 6.45) is 10.7. The van der Waals surface area contributed by atoms with Crippen molar-refractivity contribution in [3.63, 3.8) is 0 Å². The molecule has 0 saturated carbocycles. The molecule has 4 nitrogen and oxygen atoms in total. The summed E-state index contributed by atoms with van der Waals surface area (Å²) >= 11 is 0. The number of phenols is 2. The molecule has 6 heteroatoms. The molecule has 0 radical (unpaired) electrons. The highest BCUT2D eigenvalue weighted by Gasteiger charge is 2.22. The lowest BCUT2D eigenvalue weighted by Crippen LogP contribution is -2.01. The first kappa shape index (κ1) is 25.9. The molecule has 0 amide bonds. The minimum absolute atomic E-state index is 0.117. The Morgan fingerprint density at radius 1 is 0.583 bits per heavy atom. The van der Waals surface area contributed by atoms with Gasteiger partial charge < -0.3 is 10.2 Å². The van der Waals surface area contributed by atoms with Crippen LogP contribution in [-0.2, 0) is 21.6 Å². The number of hydrogen-bond acceptors (Lipinski definition) is 4. The number of aryl methyl sites for hydroxylation is 2. The van der Waals surface area contributed by atoms with Crippen molar-refractivity contribution in [1.82, 2.24) is 0 Å². The van der Waals surface area contributed by atoms with Gasteiger partial charge >= 0.3 is 0 Å². The molecular formula is C30H30O4S2. The summed E-state index contributed by atoms with van der Waals surface area (Å²) in [5, 5.41) is 22.2. The third kappa shape index (κ3) is 5.94. The van der Waals surface area contributed by atoms with Crippen molar-refractivity contribution < 1.29 is 18.6 Å². The van der Waals surface area contributed by atoms with Crippen LogP contribution in [0, 0.1) is 13.8 Å². The van der Waals surface area contributed by atoms with Crippen LogP contribution in [-0.4, -0.2) is 18.6 Å². The van der Waals surface area contributed by atoms with Crippen molar-refractivity contribution in [3.05, 3.63) is 107 Å². The van der Waals surface area contributed by atoms with Crippen LogP contribution in [0.25, 0.3) is 9.81 Å². The zero-order valence-corrected chi connectivity index (χ0v) is 22.1. The van der Waals surface area contributed by atoms with Gasteiger partial charge in [-0.25, -0.2) is 8.42 Å². The Labute approximate surface area is 217 Å². The fraction of sp³-hybridized carbons (Fsp3) is 0.200. The van der Waals surface area contributed by atoms with Gasteiger partial charge in [-0.3, -0.25) is 0 Å². The van der Waals surface area contributed by atoms with Crippen LogP contribution in [0.2, 0.25) is 0 Å². The Balaban J connectivity index is 1.82. The molecule has 0 saturated heterocycles. The molecule has 5 rings (SSSR count). The molecule has 186 valence electrons.